The summed E-state index contributed by atoms with van der Waals surface area (Å²) in [6.45, 7) is -0.341. The highest BCUT2D eigenvalue weighted by Crippen LogP contribution is 2.31. The summed E-state index contributed by atoms with van der Waals surface area (Å²) in [7, 11) is 0. The van der Waals surface area contributed by atoms with Crippen LogP contribution in [0.25, 0.3) is 0 Å². The summed E-state index contributed by atoms with van der Waals surface area (Å²) in [6, 6.07) is 0. The summed E-state index contributed by atoms with van der Waals surface area (Å²) in [4.78, 5) is 8.58. The van der Waals surface area contributed by atoms with Crippen LogP contribution in [0.4, 0.5) is 0 Å². The molecule has 0 aliphatic carbocycles. The zero-order chi connectivity index (χ0) is 12.8. The lowest BCUT2D eigenvalue weighted by molar-refractivity contribution is -0.106. The number of ether oxygens (including phenoxy) is 1. The number of nitrogens with two attached hydrogens (primary N) is 1. The first-order valence-electron chi connectivity index (χ1n) is 4.79. The Kier molecular flexibility index (Phi) is 4.97. The molecule has 1 aliphatic rings. The smallest absolute Gasteiger partial charge is 0.204 e. The Hall–Kier alpha value is -1.55. The van der Waals surface area contributed by atoms with Crippen molar-refractivity contribution in [3.05, 3.63) is 11.9 Å². The summed E-state index contributed by atoms with van der Waals surface area (Å²) in [5.74, 6) is 0. The van der Waals surface area contributed by atoms with Crippen LogP contribution >= 0.6 is 0 Å². The van der Waals surface area contributed by atoms with E-state index < -0.39 is 24.4 Å². The Morgan fingerprint density at radius 2 is 2.18 bits per heavy atom. The summed E-state index contributed by atoms with van der Waals surface area (Å²) < 4.78 is 5.21. The Labute approximate surface area is 96.2 Å². The van der Waals surface area contributed by atoms with E-state index in [0.29, 0.717) is 5.69 Å². The van der Waals surface area contributed by atoms with Gasteiger partial charge in [-0.15, -0.1) is 5.10 Å². The number of H-pyrrole nitrogens is 1. The lowest BCUT2D eigenvalue weighted by Crippen LogP contribution is -2.32. The van der Waals surface area contributed by atoms with E-state index in [0.717, 1.165) is 0 Å². The molecule has 0 aromatic carbocycles. The summed E-state index contributed by atoms with van der Waals surface area (Å²) in [5.41, 5.74) is 4.58. The van der Waals surface area contributed by atoms with E-state index in [1.165, 1.54) is 6.20 Å². The van der Waals surface area contributed by atoms with Crippen LogP contribution in [-0.4, -0.2) is 62.1 Å². The third kappa shape index (κ3) is 2.97. The van der Waals surface area contributed by atoms with Crippen LogP contribution in [-0.2, 0) is 9.53 Å². The third-order valence-corrected chi connectivity index (χ3v) is 2.27. The van der Waals surface area contributed by atoms with Crippen molar-refractivity contribution >= 4 is 6.41 Å². The van der Waals surface area contributed by atoms with E-state index in [1.807, 2.05) is 0 Å². The van der Waals surface area contributed by atoms with Crippen LogP contribution in [0.1, 0.15) is 11.8 Å². The minimum absolute atomic E-state index is 0.250. The Morgan fingerprint density at radius 1 is 1.53 bits per heavy atom. The highest BCUT2D eigenvalue weighted by molar-refractivity contribution is 5.42. The molecule has 1 aromatic rings. The van der Waals surface area contributed by atoms with Crippen molar-refractivity contribution in [1.82, 2.24) is 15.4 Å². The normalized spacial score (nSPS) is 31.7. The van der Waals surface area contributed by atoms with Crippen molar-refractivity contribution in [1.29, 1.82) is 0 Å². The Bertz CT molecular complexity index is 333. The number of nitrogens with one attached hydrogen (secondary N) is 1. The van der Waals surface area contributed by atoms with Gasteiger partial charge in [0.15, 0.2) is 0 Å². The van der Waals surface area contributed by atoms with E-state index in [2.05, 4.69) is 21.1 Å². The van der Waals surface area contributed by atoms with Gasteiger partial charge in [-0.05, 0) is 0 Å². The van der Waals surface area contributed by atoms with Gasteiger partial charge in [0.1, 0.15) is 30.1 Å². The van der Waals surface area contributed by atoms with Crippen LogP contribution in [0, 0.1) is 0 Å². The number of nitrogens with zero attached hydrogens (tertiary/aromatic N) is 2. The molecular formula is C8H14N4O5. The third-order valence-electron chi connectivity index (χ3n) is 2.27. The van der Waals surface area contributed by atoms with Gasteiger partial charge in [-0.2, -0.15) is 0 Å². The number of hydrogen-bond acceptors (Lipinski definition) is 7. The second kappa shape index (κ2) is 6.25. The number of aliphatic hydroxyl groups is 3. The number of aromatic amines is 1. The predicted octanol–water partition coefficient (Wildman–Crippen LogP) is -2.94. The number of rotatable bonds is 2. The minimum atomic E-state index is -1.10. The molecule has 0 saturated carbocycles. The van der Waals surface area contributed by atoms with Crippen LogP contribution in [0.3, 0.4) is 0 Å². The molecule has 9 heteroatoms. The van der Waals surface area contributed by atoms with E-state index in [1.54, 1.807) is 0 Å². The minimum Gasteiger partial charge on any atom is -0.394 e. The van der Waals surface area contributed by atoms with Crippen LogP contribution in [0.5, 0.6) is 0 Å². The maximum atomic E-state index is 9.56. The van der Waals surface area contributed by atoms with Gasteiger partial charge in [0, 0.05) is 6.20 Å². The van der Waals surface area contributed by atoms with Gasteiger partial charge in [-0.3, -0.25) is 9.89 Å². The quantitative estimate of drug-likeness (QED) is 0.349. The van der Waals surface area contributed by atoms with Gasteiger partial charge in [0.05, 0.1) is 6.61 Å². The molecule has 0 radical (unpaired) electrons. The van der Waals surface area contributed by atoms with E-state index in [-0.39, 0.29) is 13.0 Å². The second-order valence-corrected chi connectivity index (χ2v) is 3.29. The SMILES string of the molecule is NC=O.OC[C@@H]1OC(c2c[nH]nn2)[C@@H](O)[C@H]1O. The number of aromatic nitrogens is 3. The molecule has 0 spiro atoms. The number of carbonyl (C=O) groups excluding carboxylic acids is 1. The first kappa shape index (κ1) is 13.5. The topological polar surface area (TPSA) is 155 Å². The van der Waals surface area contributed by atoms with Gasteiger partial charge >= 0.3 is 0 Å². The molecule has 96 valence electrons. The molecule has 6 N–H and O–H groups in total. The molecule has 1 fully saturated rings. The fraction of sp³-hybridized carbons (Fsp3) is 0.625. The average molecular weight is 246 g/mol. The van der Waals surface area contributed by atoms with Crippen molar-refractivity contribution in [3.8, 4) is 0 Å². The van der Waals surface area contributed by atoms with Gasteiger partial charge < -0.3 is 25.8 Å². The van der Waals surface area contributed by atoms with Gasteiger partial charge in [-0.1, -0.05) is 5.21 Å². The standard InChI is InChI=1S/C7H11N3O4.CH3NO/c11-2-4-5(12)6(13)7(14-4)3-1-8-10-9-3;2-1-3/h1,4-7,11-13H,2H2,(H,8,9,10);1H,(H2,2,3)/t4-,5-,6-,7?;/m0./s1. The Morgan fingerprint density at radius 3 is 2.59 bits per heavy atom. The fourth-order valence-corrected chi connectivity index (χ4v) is 1.49. The summed E-state index contributed by atoms with van der Waals surface area (Å²) in [5, 5.41) is 37.4. The fourth-order valence-electron chi connectivity index (χ4n) is 1.49. The molecule has 1 aromatic heterocycles. The average Bonchev–Trinajstić information content (AvgIpc) is 2.91. The van der Waals surface area contributed by atoms with Gasteiger partial charge in [0.25, 0.3) is 0 Å². The van der Waals surface area contributed by atoms with Crippen LogP contribution < -0.4 is 5.73 Å². The lowest BCUT2D eigenvalue weighted by atomic mass is 10.1. The summed E-state index contributed by atoms with van der Waals surface area (Å²) in [6.07, 6.45) is -1.97. The molecule has 2 heterocycles. The van der Waals surface area contributed by atoms with Crippen molar-refractivity contribution in [2.24, 2.45) is 5.73 Å². The maximum Gasteiger partial charge on any atom is 0.204 e. The first-order chi connectivity index (χ1) is 8.15. The van der Waals surface area contributed by atoms with Crippen LogP contribution in [0.15, 0.2) is 6.20 Å². The van der Waals surface area contributed by atoms with E-state index in [4.69, 9.17) is 14.6 Å². The van der Waals surface area contributed by atoms with Gasteiger partial charge in [-0.25, -0.2) is 0 Å². The number of hydrogen-bond donors (Lipinski definition) is 5. The molecular weight excluding hydrogens is 232 g/mol. The Balaban J connectivity index is 0.000000437. The number of carbonyl (C=O) groups is 1. The summed E-state index contributed by atoms with van der Waals surface area (Å²) >= 11 is 0. The van der Waals surface area contributed by atoms with Crippen molar-refractivity contribution < 1.29 is 24.9 Å². The molecule has 1 saturated heterocycles. The predicted molar refractivity (Wildman–Crippen MR) is 53.3 cm³/mol. The molecule has 17 heavy (non-hydrogen) atoms. The zero-order valence-corrected chi connectivity index (χ0v) is 8.80. The molecule has 2 rings (SSSR count). The second-order valence-electron chi connectivity index (χ2n) is 3.29. The first-order valence-corrected chi connectivity index (χ1v) is 4.79. The van der Waals surface area contributed by atoms with Crippen molar-refractivity contribution in [2.45, 2.75) is 24.4 Å². The van der Waals surface area contributed by atoms with Crippen molar-refractivity contribution in [3.63, 3.8) is 0 Å². The molecule has 4 atom stereocenters. The lowest BCUT2D eigenvalue weighted by Gasteiger charge is -2.10. The molecule has 9 nitrogen and oxygen atoms in total. The number of aliphatic hydroxyl groups excluding tert-OH is 3. The van der Waals surface area contributed by atoms with Crippen LogP contribution in [0.2, 0.25) is 0 Å². The molecule has 0 bridgehead atoms. The highest BCUT2D eigenvalue weighted by Gasteiger charge is 2.44. The molecule has 1 unspecified atom stereocenters. The van der Waals surface area contributed by atoms with E-state index >= 15 is 0 Å². The number of amides is 1. The molecule has 1 amide bonds. The zero-order valence-electron chi connectivity index (χ0n) is 8.80. The largest absolute Gasteiger partial charge is 0.394 e. The number of primary amides is 1. The van der Waals surface area contributed by atoms with E-state index in [9.17, 15) is 10.2 Å². The molecule has 1 aliphatic heterocycles. The maximum absolute atomic E-state index is 9.56. The van der Waals surface area contributed by atoms with Gasteiger partial charge in [0.2, 0.25) is 6.41 Å². The monoisotopic (exact) mass is 246 g/mol. The highest BCUT2D eigenvalue weighted by atomic mass is 16.6. The van der Waals surface area contributed by atoms with Crippen molar-refractivity contribution in [2.75, 3.05) is 6.61 Å².